The van der Waals surface area contributed by atoms with Crippen molar-refractivity contribution in [1.82, 2.24) is 20.6 Å². The third kappa shape index (κ3) is 5.21. The van der Waals surface area contributed by atoms with E-state index in [1.165, 1.54) is 38.5 Å². The first-order valence-electron chi connectivity index (χ1n) is 6.33. The molecule has 0 radical (unpaired) electrons. The Hall–Kier alpha value is -0.970. The summed E-state index contributed by atoms with van der Waals surface area (Å²) in [5.74, 6) is 0.631. The molecule has 1 atom stereocenters. The second-order valence-electron chi connectivity index (χ2n) is 4.29. The number of tetrazole rings is 1. The van der Waals surface area contributed by atoms with Crippen LogP contribution in [0.5, 0.6) is 0 Å². The molecule has 92 valence electrons. The SMILES string of the molecule is CCCCCCCCCC(N)c1nn[nH]n1. The number of nitrogens with two attached hydrogens (primary N) is 1. The van der Waals surface area contributed by atoms with Crippen molar-refractivity contribution in [3.05, 3.63) is 5.82 Å². The summed E-state index contributed by atoms with van der Waals surface area (Å²) >= 11 is 0. The Labute approximate surface area is 97.2 Å². The zero-order valence-corrected chi connectivity index (χ0v) is 10.2. The predicted molar refractivity (Wildman–Crippen MR) is 63.7 cm³/mol. The monoisotopic (exact) mass is 225 g/mol. The van der Waals surface area contributed by atoms with Gasteiger partial charge >= 0.3 is 0 Å². The van der Waals surface area contributed by atoms with Crippen molar-refractivity contribution >= 4 is 0 Å². The topological polar surface area (TPSA) is 80.5 Å². The molecule has 0 amide bonds. The lowest BCUT2D eigenvalue weighted by Crippen LogP contribution is -2.12. The van der Waals surface area contributed by atoms with Gasteiger partial charge in [0.1, 0.15) is 0 Å². The number of nitrogens with zero attached hydrogens (tertiary/aromatic N) is 3. The van der Waals surface area contributed by atoms with Crippen molar-refractivity contribution in [2.75, 3.05) is 0 Å². The molecule has 0 spiro atoms. The van der Waals surface area contributed by atoms with Gasteiger partial charge in [0.25, 0.3) is 0 Å². The van der Waals surface area contributed by atoms with E-state index < -0.39 is 0 Å². The van der Waals surface area contributed by atoms with Crippen molar-refractivity contribution in [3.8, 4) is 0 Å². The summed E-state index contributed by atoms with van der Waals surface area (Å²) in [6, 6.07) is -0.0607. The molecule has 1 heterocycles. The summed E-state index contributed by atoms with van der Waals surface area (Å²) in [7, 11) is 0. The largest absolute Gasteiger partial charge is 0.321 e. The lowest BCUT2D eigenvalue weighted by molar-refractivity contribution is 0.528. The molecule has 1 aromatic rings. The van der Waals surface area contributed by atoms with E-state index >= 15 is 0 Å². The molecule has 0 saturated carbocycles. The van der Waals surface area contributed by atoms with E-state index in [1.807, 2.05) is 0 Å². The van der Waals surface area contributed by atoms with Gasteiger partial charge in [-0.2, -0.15) is 5.21 Å². The Morgan fingerprint density at radius 2 is 1.81 bits per heavy atom. The Bertz CT molecular complexity index is 247. The average Bonchev–Trinajstić information content (AvgIpc) is 2.81. The van der Waals surface area contributed by atoms with Crippen molar-refractivity contribution in [2.24, 2.45) is 5.73 Å². The third-order valence-corrected chi connectivity index (χ3v) is 2.81. The molecule has 0 aliphatic rings. The highest BCUT2D eigenvalue weighted by molar-refractivity contribution is 4.85. The average molecular weight is 225 g/mol. The summed E-state index contributed by atoms with van der Waals surface area (Å²) in [4.78, 5) is 0. The molecule has 1 unspecified atom stereocenters. The van der Waals surface area contributed by atoms with Gasteiger partial charge in [0, 0.05) is 0 Å². The fourth-order valence-corrected chi connectivity index (χ4v) is 1.78. The molecule has 1 rings (SSSR count). The van der Waals surface area contributed by atoms with Crippen LogP contribution in [0.15, 0.2) is 0 Å². The van der Waals surface area contributed by atoms with E-state index in [4.69, 9.17) is 5.73 Å². The Morgan fingerprint density at radius 1 is 1.12 bits per heavy atom. The van der Waals surface area contributed by atoms with Gasteiger partial charge in [0.2, 0.25) is 0 Å². The van der Waals surface area contributed by atoms with E-state index in [2.05, 4.69) is 27.5 Å². The molecular weight excluding hydrogens is 202 g/mol. The van der Waals surface area contributed by atoms with Gasteiger partial charge in [-0.1, -0.05) is 57.1 Å². The number of H-pyrrole nitrogens is 1. The van der Waals surface area contributed by atoms with Gasteiger partial charge in [-0.05, 0) is 6.42 Å². The number of aromatic amines is 1. The van der Waals surface area contributed by atoms with Crippen molar-refractivity contribution in [1.29, 1.82) is 0 Å². The van der Waals surface area contributed by atoms with Gasteiger partial charge in [-0.25, -0.2) is 0 Å². The zero-order chi connectivity index (χ0) is 11.6. The lowest BCUT2D eigenvalue weighted by atomic mass is 10.1. The van der Waals surface area contributed by atoms with Crippen LogP contribution < -0.4 is 5.73 Å². The summed E-state index contributed by atoms with van der Waals surface area (Å²) in [5.41, 5.74) is 5.92. The van der Waals surface area contributed by atoms with Crippen molar-refractivity contribution in [3.63, 3.8) is 0 Å². The smallest absolute Gasteiger partial charge is 0.191 e. The van der Waals surface area contributed by atoms with Gasteiger partial charge in [-0.15, -0.1) is 10.2 Å². The summed E-state index contributed by atoms with van der Waals surface area (Å²) in [6.07, 6.45) is 10.1. The number of aromatic nitrogens is 4. The highest BCUT2D eigenvalue weighted by Gasteiger charge is 2.09. The number of hydrogen-bond acceptors (Lipinski definition) is 4. The fourth-order valence-electron chi connectivity index (χ4n) is 1.78. The molecule has 0 aliphatic heterocycles. The van der Waals surface area contributed by atoms with Crippen LogP contribution >= 0.6 is 0 Å². The van der Waals surface area contributed by atoms with Crippen molar-refractivity contribution < 1.29 is 0 Å². The Kier molecular flexibility index (Phi) is 6.72. The first-order chi connectivity index (χ1) is 7.84. The standard InChI is InChI=1S/C11H23N5/c1-2-3-4-5-6-7-8-9-10(12)11-13-15-16-14-11/h10H,2-9,12H2,1H3,(H,13,14,15,16). The summed E-state index contributed by atoms with van der Waals surface area (Å²) < 4.78 is 0. The summed E-state index contributed by atoms with van der Waals surface area (Å²) in [6.45, 7) is 2.24. The van der Waals surface area contributed by atoms with Crippen molar-refractivity contribution in [2.45, 2.75) is 64.3 Å². The maximum atomic E-state index is 5.92. The van der Waals surface area contributed by atoms with Gasteiger partial charge in [0.05, 0.1) is 6.04 Å². The minimum Gasteiger partial charge on any atom is -0.321 e. The van der Waals surface area contributed by atoms with Crippen LogP contribution in [0.2, 0.25) is 0 Å². The van der Waals surface area contributed by atoms with Crippen LogP contribution in [-0.2, 0) is 0 Å². The molecule has 5 nitrogen and oxygen atoms in total. The molecule has 16 heavy (non-hydrogen) atoms. The molecule has 0 bridgehead atoms. The van der Waals surface area contributed by atoms with Crippen LogP contribution in [0.25, 0.3) is 0 Å². The zero-order valence-electron chi connectivity index (χ0n) is 10.2. The highest BCUT2D eigenvalue weighted by Crippen LogP contribution is 2.14. The minimum atomic E-state index is -0.0607. The van der Waals surface area contributed by atoms with Crippen LogP contribution in [0, 0.1) is 0 Å². The van der Waals surface area contributed by atoms with E-state index in [1.54, 1.807) is 0 Å². The van der Waals surface area contributed by atoms with E-state index in [9.17, 15) is 0 Å². The van der Waals surface area contributed by atoms with Crippen LogP contribution in [0.3, 0.4) is 0 Å². The van der Waals surface area contributed by atoms with Gasteiger partial charge in [-0.3, -0.25) is 0 Å². The molecule has 0 aromatic carbocycles. The number of unbranched alkanes of at least 4 members (excludes halogenated alkanes) is 6. The van der Waals surface area contributed by atoms with E-state index in [0.717, 1.165) is 12.8 Å². The normalized spacial score (nSPS) is 12.9. The molecule has 1 aromatic heterocycles. The maximum absolute atomic E-state index is 5.92. The van der Waals surface area contributed by atoms with Crippen LogP contribution in [0.4, 0.5) is 0 Å². The molecule has 3 N–H and O–H groups in total. The minimum absolute atomic E-state index is 0.0607. The number of hydrogen-bond donors (Lipinski definition) is 2. The molecule has 0 saturated heterocycles. The first kappa shape index (κ1) is 13.1. The first-order valence-corrected chi connectivity index (χ1v) is 6.33. The third-order valence-electron chi connectivity index (χ3n) is 2.81. The quantitative estimate of drug-likeness (QED) is 0.632. The molecule has 5 heteroatoms. The maximum Gasteiger partial charge on any atom is 0.191 e. The number of nitrogens with one attached hydrogen (secondary N) is 1. The lowest BCUT2D eigenvalue weighted by Gasteiger charge is -2.06. The second kappa shape index (κ2) is 8.21. The second-order valence-corrected chi connectivity index (χ2v) is 4.29. The Morgan fingerprint density at radius 3 is 2.44 bits per heavy atom. The highest BCUT2D eigenvalue weighted by atomic mass is 15.5. The fraction of sp³-hybridized carbons (Fsp3) is 0.909. The van der Waals surface area contributed by atoms with Crippen LogP contribution in [-0.4, -0.2) is 20.6 Å². The van der Waals surface area contributed by atoms with Gasteiger partial charge in [0.15, 0.2) is 5.82 Å². The predicted octanol–water partition coefficient (Wildman–Crippen LogP) is 2.34. The van der Waals surface area contributed by atoms with Crippen LogP contribution in [0.1, 0.15) is 70.2 Å². The Balaban J connectivity index is 1.95. The van der Waals surface area contributed by atoms with Gasteiger partial charge < -0.3 is 5.73 Å². The van der Waals surface area contributed by atoms with E-state index in [0.29, 0.717) is 5.82 Å². The summed E-state index contributed by atoms with van der Waals surface area (Å²) in [5, 5.41) is 13.7. The number of rotatable bonds is 9. The molecule has 0 aliphatic carbocycles. The van der Waals surface area contributed by atoms with E-state index in [-0.39, 0.29) is 6.04 Å². The molecule has 0 fully saturated rings. The molecular formula is C11H23N5.